The van der Waals surface area contributed by atoms with Crippen molar-refractivity contribution in [1.82, 2.24) is 0 Å². The predicted octanol–water partition coefficient (Wildman–Crippen LogP) is 5.24. The monoisotopic (exact) mass is 276 g/mol. The number of aromatic nitrogens is 1. The minimum atomic E-state index is 1.19. The molecule has 0 atom stereocenters. The molecule has 0 N–H and O–H groups in total. The van der Waals surface area contributed by atoms with Crippen LogP contribution in [0.4, 0.5) is 0 Å². The fraction of sp³-hybridized carbons (Fsp3) is 0.737. The van der Waals surface area contributed by atoms with Crippen LogP contribution in [0.5, 0.6) is 0 Å². The standard InChI is InChI=1S/C19H34N/c1-4-7-8-9-10-11-15-20-16-14-18(12-5-2)19(17-20)13-6-3/h14,16-17H,4-13,15H2,1-3H3/q+1. The van der Waals surface area contributed by atoms with E-state index in [1.54, 1.807) is 11.1 Å². The normalized spacial score (nSPS) is 10.9. The third kappa shape index (κ3) is 6.54. The average molecular weight is 276 g/mol. The molecule has 0 unspecified atom stereocenters. The minimum Gasteiger partial charge on any atom is -0.205 e. The summed E-state index contributed by atoms with van der Waals surface area (Å²) in [5.41, 5.74) is 3.14. The van der Waals surface area contributed by atoms with E-state index < -0.39 is 0 Å². The molecule has 114 valence electrons. The van der Waals surface area contributed by atoms with Crippen molar-refractivity contribution in [3.63, 3.8) is 0 Å². The summed E-state index contributed by atoms with van der Waals surface area (Å²) in [5.74, 6) is 0. The Balaban J connectivity index is 2.43. The van der Waals surface area contributed by atoms with E-state index in [1.807, 2.05) is 0 Å². The number of unbranched alkanes of at least 4 members (excludes halogenated alkanes) is 5. The van der Waals surface area contributed by atoms with E-state index in [1.165, 1.54) is 70.8 Å². The van der Waals surface area contributed by atoms with Crippen molar-refractivity contribution in [3.8, 4) is 0 Å². The van der Waals surface area contributed by atoms with Crippen LogP contribution in [0.2, 0.25) is 0 Å². The van der Waals surface area contributed by atoms with Crippen LogP contribution in [0.1, 0.15) is 83.3 Å². The molecule has 0 amide bonds. The smallest absolute Gasteiger partial charge is 0.172 e. The SMILES string of the molecule is CCCCCCCC[n+]1ccc(CCC)c(CCC)c1. The number of nitrogens with zero attached hydrogens (tertiary/aromatic N) is 1. The quantitative estimate of drug-likeness (QED) is 0.384. The van der Waals surface area contributed by atoms with Crippen LogP contribution in [0.3, 0.4) is 0 Å². The molecule has 0 spiro atoms. The molecule has 0 saturated carbocycles. The summed E-state index contributed by atoms with van der Waals surface area (Å²) in [6, 6.07) is 2.35. The van der Waals surface area contributed by atoms with Gasteiger partial charge in [-0.3, -0.25) is 0 Å². The lowest BCUT2D eigenvalue weighted by Crippen LogP contribution is -2.33. The summed E-state index contributed by atoms with van der Waals surface area (Å²) in [4.78, 5) is 0. The zero-order valence-corrected chi connectivity index (χ0v) is 14.0. The number of rotatable bonds is 11. The predicted molar refractivity (Wildman–Crippen MR) is 88.0 cm³/mol. The molecule has 0 fully saturated rings. The highest BCUT2D eigenvalue weighted by atomic mass is 14.9. The van der Waals surface area contributed by atoms with Gasteiger partial charge in [-0.05, 0) is 24.8 Å². The largest absolute Gasteiger partial charge is 0.205 e. The van der Waals surface area contributed by atoms with Crippen molar-refractivity contribution in [2.45, 2.75) is 91.5 Å². The Kier molecular flexibility index (Phi) is 9.36. The molecule has 1 nitrogen and oxygen atoms in total. The molecule has 0 radical (unpaired) electrons. The van der Waals surface area contributed by atoms with Crippen molar-refractivity contribution in [1.29, 1.82) is 0 Å². The topological polar surface area (TPSA) is 3.88 Å². The zero-order valence-electron chi connectivity index (χ0n) is 14.0. The lowest BCUT2D eigenvalue weighted by Gasteiger charge is -2.07. The van der Waals surface area contributed by atoms with Gasteiger partial charge in [0.25, 0.3) is 0 Å². The second kappa shape index (κ2) is 10.9. The van der Waals surface area contributed by atoms with Gasteiger partial charge in [-0.2, -0.15) is 0 Å². The maximum atomic E-state index is 2.41. The third-order valence-corrected chi connectivity index (χ3v) is 4.01. The van der Waals surface area contributed by atoms with Crippen molar-refractivity contribution < 1.29 is 4.57 Å². The molecule has 0 saturated heterocycles. The second-order valence-electron chi connectivity index (χ2n) is 6.00. The molecule has 0 bridgehead atoms. The Bertz CT molecular complexity index is 357. The van der Waals surface area contributed by atoms with Crippen molar-refractivity contribution in [3.05, 3.63) is 29.6 Å². The van der Waals surface area contributed by atoms with Gasteiger partial charge in [-0.15, -0.1) is 0 Å². The molecule has 0 aliphatic carbocycles. The number of hydrogen-bond acceptors (Lipinski definition) is 0. The van der Waals surface area contributed by atoms with Crippen LogP contribution < -0.4 is 4.57 Å². The van der Waals surface area contributed by atoms with Crippen molar-refractivity contribution >= 4 is 0 Å². The average Bonchev–Trinajstić information content (AvgIpc) is 2.46. The molecule has 20 heavy (non-hydrogen) atoms. The molecular weight excluding hydrogens is 242 g/mol. The Morgan fingerprint density at radius 3 is 2.10 bits per heavy atom. The van der Waals surface area contributed by atoms with Crippen LogP contribution in [-0.2, 0) is 19.4 Å². The molecule has 1 heterocycles. The lowest BCUT2D eigenvalue weighted by molar-refractivity contribution is -0.697. The molecule has 1 heteroatoms. The van der Waals surface area contributed by atoms with E-state index in [9.17, 15) is 0 Å². The van der Waals surface area contributed by atoms with Gasteiger partial charge in [0.2, 0.25) is 0 Å². The van der Waals surface area contributed by atoms with Gasteiger partial charge >= 0.3 is 0 Å². The van der Waals surface area contributed by atoms with Crippen LogP contribution in [0.15, 0.2) is 18.5 Å². The third-order valence-electron chi connectivity index (χ3n) is 4.01. The van der Waals surface area contributed by atoms with Crippen LogP contribution in [0, 0.1) is 0 Å². The van der Waals surface area contributed by atoms with Gasteiger partial charge in [0.05, 0.1) is 0 Å². The number of aryl methyl sites for hydroxylation is 3. The summed E-state index contributed by atoms with van der Waals surface area (Å²) in [6.07, 6.45) is 17.9. The Morgan fingerprint density at radius 2 is 1.40 bits per heavy atom. The zero-order chi connectivity index (χ0) is 14.6. The minimum absolute atomic E-state index is 1.19. The van der Waals surface area contributed by atoms with E-state index in [0.29, 0.717) is 0 Å². The highest BCUT2D eigenvalue weighted by molar-refractivity contribution is 5.21. The van der Waals surface area contributed by atoms with Gasteiger partial charge in [0.15, 0.2) is 12.4 Å². The summed E-state index contributed by atoms with van der Waals surface area (Å²) in [7, 11) is 0. The lowest BCUT2D eigenvalue weighted by atomic mass is 10.0. The molecule has 0 aromatic carbocycles. The van der Waals surface area contributed by atoms with E-state index in [2.05, 4.69) is 43.8 Å². The first kappa shape index (κ1) is 17.2. The molecule has 0 aliphatic rings. The van der Waals surface area contributed by atoms with Gasteiger partial charge in [0, 0.05) is 18.1 Å². The van der Waals surface area contributed by atoms with Crippen LogP contribution in [0.25, 0.3) is 0 Å². The van der Waals surface area contributed by atoms with Crippen molar-refractivity contribution in [2.24, 2.45) is 0 Å². The fourth-order valence-corrected chi connectivity index (χ4v) is 2.84. The van der Waals surface area contributed by atoms with Gasteiger partial charge in [0.1, 0.15) is 6.54 Å². The maximum absolute atomic E-state index is 2.41. The first-order valence-corrected chi connectivity index (χ1v) is 8.82. The Hall–Kier alpha value is -0.850. The summed E-state index contributed by atoms with van der Waals surface area (Å²) < 4.78 is 2.41. The van der Waals surface area contributed by atoms with Crippen LogP contribution in [-0.4, -0.2) is 0 Å². The Morgan fingerprint density at radius 1 is 0.750 bits per heavy atom. The van der Waals surface area contributed by atoms with Gasteiger partial charge in [-0.25, -0.2) is 4.57 Å². The first-order chi connectivity index (χ1) is 9.81. The van der Waals surface area contributed by atoms with E-state index in [0.717, 1.165) is 0 Å². The summed E-state index contributed by atoms with van der Waals surface area (Å²) >= 11 is 0. The highest BCUT2D eigenvalue weighted by Gasteiger charge is 2.08. The summed E-state index contributed by atoms with van der Waals surface area (Å²) in [5, 5.41) is 0. The number of pyridine rings is 1. The van der Waals surface area contributed by atoms with Crippen molar-refractivity contribution in [2.75, 3.05) is 0 Å². The highest BCUT2D eigenvalue weighted by Crippen LogP contribution is 2.11. The molecule has 1 aromatic rings. The van der Waals surface area contributed by atoms with E-state index >= 15 is 0 Å². The molecular formula is C19H34N+. The van der Waals surface area contributed by atoms with Gasteiger partial charge < -0.3 is 0 Å². The number of hydrogen-bond donors (Lipinski definition) is 0. The fourth-order valence-electron chi connectivity index (χ4n) is 2.84. The molecule has 1 rings (SSSR count). The van der Waals surface area contributed by atoms with E-state index in [4.69, 9.17) is 0 Å². The first-order valence-electron chi connectivity index (χ1n) is 8.82. The van der Waals surface area contributed by atoms with Gasteiger partial charge in [-0.1, -0.05) is 59.3 Å². The molecule has 1 aromatic heterocycles. The summed E-state index contributed by atoms with van der Waals surface area (Å²) in [6.45, 7) is 8.02. The van der Waals surface area contributed by atoms with Crippen LogP contribution >= 0.6 is 0 Å². The second-order valence-corrected chi connectivity index (χ2v) is 6.00. The van der Waals surface area contributed by atoms with E-state index in [-0.39, 0.29) is 0 Å². The molecule has 0 aliphatic heterocycles. The maximum Gasteiger partial charge on any atom is 0.172 e. The Labute approximate surface area is 126 Å².